The van der Waals surface area contributed by atoms with Crippen molar-refractivity contribution in [3.05, 3.63) is 58.1 Å². The van der Waals surface area contributed by atoms with E-state index in [1.54, 1.807) is 11.3 Å². The minimum Gasteiger partial charge on any atom is -0.493 e. The van der Waals surface area contributed by atoms with Gasteiger partial charge in [0.1, 0.15) is 10.8 Å². The van der Waals surface area contributed by atoms with Gasteiger partial charge >= 0.3 is 0 Å². The Morgan fingerprint density at radius 2 is 1.71 bits per heavy atom. The van der Waals surface area contributed by atoms with Crippen LogP contribution in [0.2, 0.25) is 0 Å². The first-order valence-electron chi connectivity index (χ1n) is 14.1. The number of likely N-dealkylation sites (tertiary alicyclic amines) is 1. The minimum atomic E-state index is 0.208. The fraction of sp³-hybridized carbons (Fsp3) is 0.516. The Morgan fingerprint density at radius 3 is 2.50 bits per heavy atom. The summed E-state index contributed by atoms with van der Waals surface area (Å²) in [7, 11) is 0. The summed E-state index contributed by atoms with van der Waals surface area (Å²) < 4.78 is 11.9. The molecule has 3 aliphatic heterocycles. The molecule has 3 aliphatic rings. The van der Waals surface area contributed by atoms with E-state index in [1.807, 2.05) is 0 Å². The Bertz CT molecular complexity index is 1260. The number of benzene rings is 2. The summed E-state index contributed by atoms with van der Waals surface area (Å²) in [5.41, 5.74) is 7.35. The van der Waals surface area contributed by atoms with Crippen molar-refractivity contribution in [2.24, 2.45) is 11.8 Å². The van der Waals surface area contributed by atoms with Gasteiger partial charge in [0.25, 0.3) is 0 Å². The second-order valence-corrected chi connectivity index (χ2v) is 12.1. The smallest absolute Gasteiger partial charge is 0.124 e. The number of rotatable bonds is 9. The van der Waals surface area contributed by atoms with Gasteiger partial charge in [0, 0.05) is 68.0 Å². The molecular formula is C31H39N3O3S. The van der Waals surface area contributed by atoms with Gasteiger partial charge in [0.05, 0.1) is 32.1 Å². The standard InChI is InChI=1S/C31H39N3O3S/c1-21-25(6-3-8-27(21)31-32-28-10-12-33(13-14-35)18-30(28)38-31)26-7-4-9-29(22(26)2)37-15-5-11-34-16-23-19-36-20-24(23)17-34/h3-4,6-9,23-24,35H,5,10-20H2,1-2H3. The Kier molecular flexibility index (Phi) is 7.82. The highest BCUT2D eigenvalue weighted by molar-refractivity contribution is 7.15. The SMILES string of the molecule is Cc1c(OCCCN2CC3COCC3C2)cccc1-c1cccc(-c2nc3c(s2)CN(CCO)CC3)c1C. The lowest BCUT2D eigenvalue weighted by atomic mass is 9.93. The van der Waals surface area contributed by atoms with E-state index < -0.39 is 0 Å². The van der Waals surface area contributed by atoms with E-state index in [9.17, 15) is 5.11 Å². The molecule has 0 spiro atoms. The van der Waals surface area contributed by atoms with Crippen molar-refractivity contribution in [3.63, 3.8) is 0 Å². The summed E-state index contributed by atoms with van der Waals surface area (Å²) in [6.07, 6.45) is 2.00. The quantitative estimate of drug-likeness (QED) is 0.399. The number of aromatic nitrogens is 1. The molecule has 0 bridgehead atoms. The van der Waals surface area contributed by atoms with Crippen LogP contribution in [0, 0.1) is 25.7 Å². The Labute approximate surface area is 230 Å². The molecule has 0 saturated carbocycles. The number of ether oxygens (including phenoxy) is 2. The van der Waals surface area contributed by atoms with Gasteiger partial charge in [-0.3, -0.25) is 4.90 Å². The van der Waals surface area contributed by atoms with E-state index in [0.29, 0.717) is 0 Å². The van der Waals surface area contributed by atoms with E-state index in [-0.39, 0.29) is 6.61 Å². The molecule has 2 fully saturated rings. The Morgan fingerprint density at radius 1 is 0.974 bits per heavy atom. The molecule has 0 aliphatic carbocycles. The molecule has 2 aromatic carbocycles. The van der Waals surface area contributed by atoms with E-state index >= 15 is 0 Å². The molecule has 38 heavy (non-hydrogen) atoms. The normalized spacial score (nSPS) is 21.6. The van der Waals surface area contributed by atoms with Crippen LogP contribution < -0.4 is 4.74 Å². The van der Waals surface area contributed by atoms with Crippen molar-refractivity contribution in [3.8, 4) is 27.4 Å². The fourth-order valence-corrected chi connectivity index (χ4v) is 7.59. The molecule has 4 heterocycles. The molecule has 0 amide bonds. The van der Waals surface area contributed by atoms with Crippen LogP contribution in [0.15, 0.2) is 36.4 Å². The average molecular weight is 534 g/mol. The molecule has 7 heteroatoms. The number of fused-ring (bicyclic) bond motifs is 2. The van der Waals surface area contributed by atoms with Crippen LogP contribution in [-0.4, -0.2) is 79.0 Å². The topological polar surface area (TPSA) is 58.1 Å². The van der Waals surface area contributed by atoms with Crippen molar-refractivity contribution < 1.29 is 14.6 Å². The Balaban J connectivity index is 1.14. The maximum atomic E-state index is 9.33. The predicted octanol–water partition coefficient (Wildman–Crippen LogP) is 4.79. The zero-order valence-corrected chi connectivity index (χ0v) is 23.4. The number of aliphatic hydroxyl groups excluding tert-OH is 1. The number of hydrogen-bond donors (Lipinski definition) is 1. The second-order valence-electron chi connectivity index (χ2n) is 11.1. The largest absolute Gasteiger partial charge is 0.493 e. The number of nitrogens with zero attached hydrogens (tertiary/aromatic N) is 3. The van der Waals surface area contributed by atoms with E-state index in [1.165, 1.54) is 51.5 Å². The third kappa shape index (κ3) is 5.27. The van der Waals surface area contributed by atoms with Crippen LogP contribution in [0.5, 0.6) is 5.75 Å². The van der Waals surface area contributed by atoms with Gasteiger partial charge in [0.15, 0.2) is 0 Å². The molecule has 202 valence electrons. The maximum Gasteiger partial charge on any atom is 0.124 e. The van der Waals surface area contributed by atoms with Gasteiger partial charge in [-0.05, 0) is 48.6 Å². The summed E-state index contributed by atoms with van der Waals surface area (Å²) in [5, 5.41) is 10.4. The number of hydrogen-bond acceptors (Lipinski definition) is 7. The molecule has 1 N–H and O–H groups in total. The van der Waals surface area contributed by atoms with Crippen molar-refractivity contribution in [1.82, 2.24) is 14.8 Å². The summed E-state index contributed by atoms with van der Waals surface area (Å²) in [5.74, 6) is 2.46. The van der Waals surface area contributed by atoms with Crippen LogP contribution in [0.3, 0.4) is 0 Å². The average Bonchev–Trinajstić information content (AvgIpc) is 3.63. The monoisotopic (exact) mass is 533 g/mol. The first-order valence-corrected chi connectivity index (χ1v) is 14.9. The summed E-state index contributed by atoms with van der Waals surface area (Å²) in [4.78, 5) is 11.3. The minimum absolute atomic E-state index is 0.208. The van der Waals surface area contributed by atoms with Crippen molar-refractivity contribution in [2.45, 2.75) is 33.2 Å². The van der Waals surface area contributed by atoms with Crippen molar-refractivity contribution >= 4 is 11.3 Å². The van der Waals surface area contributed by atoms with Gasteiger partial charge in [-0.1, -0.05) is 30.3 Å². The van der Waals surface area contributed by atoms with Gasteiger partial charge in [-0.2, -0.15) is 0 Å². The second kappa shape index (κ2) is 11.4. The van der Waals surface area contributed by atoms with Crippen LogP contribution in [0.25, 0.3) is 21.7 Å². The predicted molar refractivity (Wildman–Crippen MR) is 153 cm³/mol. The van der Waals surface area contributed by atoms with Gasteiger partial charge < -0.3 is 19.5 Å². The van der Waals surface area contributed by atoms with E-state index in [0.717, 1.165) is 81.4 Å². The summed E-state index contributed by atoms with van der Waals surface area (Å²) >= 11 is 1.80. The molecule has 0 radical (unpaired) electrons. The van der Waals surface area contributed by atoms with Crippen LogP contribution >= 0.6 is 11.3 Å². The molecule has 2 saturated heterocycles. The third-order valence-electron chi connectivity index (χ3n) is 8.56. The van der Waals surface area contributed by atoms with E-state index in [4.69, 9.17) is 14.5 Å². The maximum absolute atomic E-state index is 9.33. The van der Waals surface area contributed by atoms with Crippen LogP contribution in [0.4, 0.5) is 0 Å². The van der Waals surface area contributed by atoms with Gasteiger partial charge in [0.2, 0.25) is 0 Å². The first-order chi connectivity index (χ1) is 18.6. The molecule has 3 aromatic rings. The molecule has 6 nitrogen and oxygen atoms in total. The zero-order chi connectivity index (χ0) is 26.1. The molecule has 1 aromatic heterocycles. The molecular weight excluding hydrogens is 494 g/mol. The highest BCUT2D eigenvalue weighted by Gasteiger charge is 2.36. The molecule has 2 atom stereocenters. The van der Waals surface area contributed by atoms with E-state index in [2.05, 4.69) is 60.0 Å². The zero-order valence-electron chi connectivity index (χ0n) is 22.6. The van der Waals surface area contributed by atoms with Crippen LogP contribution in [-0.2, 0) is 17.7 Å². The summed E-state index contributed by atoms with van der Waals surface area (Å²) in [6, 6.07) is 13.0. The highest BCUT2D eigenvalue weighted by Crippen LogP contribution is 2.39. The lowest BCUT2D eigenvalue weighted by Crippen LogP contribution is -2.32. The fourth-order valence-electron chi connectivity index (χ4n) is 6.35. The van der Waals surface area contributed by atoms with Crippen molar-refractivity contribution in [2.75, 3.05) is 59.2 Å². The Hall–Kier alpha value is -2.29. The first kappa shape index (κ1) is 26.0. The van der Waals surface area contributed by atoms with Crippen molar-refractivity contribution in [1.29, 1.82) is 0 Å². The lowest BCUT2D eigenvalue weighted by Gasteiger charge is -2.24. The third-order valence-corrected chi connectivity index (χ3v) is 9.67. The number of thiazole rings is 1. The number of β-amino-alcohol motifs (C(OH)–C–C–N with tert-alkyl or cyclic N) is 1. The van der Waals surface area contributed by atoms with Crippen LogP contribution in [0.1, 0.15) is 28.1 Å². The van der Waals surface area contributed by atoms with Gasteiger partial charge in [-0.25, -0.2) is 4.98 Å². The highest BCUT2D eigenvalue weighted by atomic mass is 32.1. The summed E-state index contributed by atoms with van der Waals surface area (Å²) in [6.45, 7) is 13.3. The lowest BCUT2D eigenvalue weighted by molar-refractivity contribution is 0.152. The van der Waals surface area contributed by atoms with Gasteiger partial charge in [-0.15, -0.1) is 11.3 Å². The molecule has 2 unspecified atom stereocenters. The number of aliphatic hydroxyl groups is 1. The molecule has 6 rings (SSSR count).